The van der Waals surface area contributed by atoms with Crippen molar-refractivity contribution >= 4 is 45.5 Å². The van der Waals surface area contributed by atoms with Gasteiger partial charge in [0.25, 0.3) is 5.91 Å². The molecule has 0 fully saturated rings. The second-order valence-electron chi connectivity index (χ2n) is 10.8. The number of ether oxygens (including phenoxy) is 2. The molecule has 0 unspecified atom stereocenters. The summed E-state index contributed by atoms with van der Waals surface area (Å²) >= 11 is 3.11. The van der Waals surface area contributed by atoms with Crippen LogP contribution in [0.4, 0.5) is 10.5 Å². The zero-order valence-electron chi connectivity index (χ0n) is 25.7. The molecule has 9 nitrogen and oxygen atoms in total. The van der Waals surface area contributed by atoms with Gasteiger partial charge in [-0.2, -0.15) is 0 Å². The van der Waals surface area contributed by atoms with Crippen LogP contribution in [-0.2, 0) is 19.1 Å². The van der Waals surface area contributed by atoms with Gasteiger partial charge >= 0.3 is 12.1 Å². The molecule has 1 aliphatic carbocycles. The number of halogens is 1. The molecule has 47 heavy (non-hydrogen) atoms. The first-order valence-electron chi connectivity index (χ1n) is 14.9. The number of nitrogens with one attached hydrogen (secondary N) is 3. The van der Waals surface area contributed by atoms with Gasteiger partial charge in [-0.15, -0.1) is 0 Å². The fourth-order valence-corrected chi connectivity index (χ4v) is 5.47. The van der Waals surface area contributed by atoms with Crippen molar-refractivity contribution in [1.82, 2.24) is 10.6 Å². The highest BCUT2D eigenvalue weighted by molar-refractivity contribution is 9.09. The van der Waals surface area contributed by atoms with E-state index in [-0.39, 0.29) is 23.8 Å². The molecule has 4 aromatic carbocycles. The monoisotopic (exact) mass is 693 g/mol. The SMILES string of the molecule is COC(=O)[C@@H](NC(=O)c1ccc(C#Cc2ccc(NC(=O)CBr)cc2)cc1)[C@@H](C)NC(=O)OCC1c2ccccc2-c2ccccc21. The summed E-state index contributed by atoms with van der Waals surface area (Å²) < 4.78 is 10.5. The zero-order chi connectivity index (χ0) is 33.3. The molecular weight excluding hydrogens is 662 g/mol. The molecule has 0 radical (unpaired) electrons. The van der Waals surface area contributed by atoms with Crippen LogP contribution in [-0.4, -0.2) is 55.0 Å². The minimum absolute atomic E-state index is 0.109. The molecule has 238 valence electrons. The highest BCUT2D eigenvalue weighted by Gasteiger charge is 2.32. The highest BCUT2D eigenvalue weighted by atomic mass is 79.9. The fourth-order valence-electron chi connectivity index (χ4n) is 5.33. The Labute approximate surface area is 281 Å². The Kier molecular flexibility index (Phi) is 10.7. The van der Waals surface area contributed by atoms with Crippen molar-refractivity contribution < 1.29 is 28.7 Å². The Morgan fingerprint density at radius 1 is 0.787 bits per heavy atom. The van der Waals surface area contributed by atoms with Crippen LogP contribution in [0.3, 0.4) is 0 Å². The van der Waals surface area contributed by atoms with E-state index in [0.717, 1.165) is 27.8 Å². The number of carbonyl (C=O) groups is 4. The summed E-state index contributed by atoms with van der Waals surface area (Å²) in [5.74, 6) is 4.57. The van der Waals surface area contributed by atoms with E-state index in [1.54, 1.807) is 55.5 Å². The van der Waals surface area contributed by atoms with E-state index in [2.05, 4.69) is 55.9 Å². The molecular formula is C37H32BrN3O6. The van der Waals surface area contributed by atoms with Crippen molar-refractivity contribution in [3.05, 3.63) is 125 Å². The average molecular weight is 695 g/mol. The van der Waals surface area contributed by atoms with E-state index in [1.807, 2.05) is 36.4 Å². The lowest BCUT2D eigenvalue weighted by atomic mass is 9.98. The van der Waals surface area contributed by atoms with Crippen molar-refractivity contribution in [2.45, 2.75) is 24.9 Å². The minimum atomic E-state index is -1.17. The van der Waals surface area contributed by atoms with Crippen LogP contribution >= 0.6 is 15.9 Å². The Hall–Kier alpha value is -5.40. The Balaban J connectivity index is 1.17. The lowest BCUT2D eigenvalue weighted by molar-refractivity contribution is -0.143. The van der Waals surface area contributed by atoms with Crippen LogP contribution in [0, 0.1) is 11.8 Å². The molecule has 2 atom stereocenters. The van der Waals surface area contributed by atoms with Gasteiger partial charge in [0.05, 0.1) is 18.5 Å². The Morgan fingerprint density at radius 3 is 1.89 bits per heavy atom. The van der Waals surface area contributed by atoms with Gasteiger partial charge in [-0.25, -0.2) is 9.59 Å². The van der Waals surface area contributed by atoms with Crippen molar-refractivity contribution in [1.29, 1.82) is 0 Å². The smallest absolute Gasteiger partial charge is 0.407 e. The van der Waals surface area contributed by atoms with Crippen LogP contribution in [0.25, 0.3) is 11.1 Å². The molecule has 0 aliphatic heterocycles. The molecule has 1 aliphatic rings. The minimum Gasteiger partial charge on any atom is -0.467 e. The van der Waals surface area contributed by atoms with Crippen LogP contribution in [0.2, 0.25) is 0 Å². The van der Waals surface area contributed by atoms with E-state index in [9.17, 15) is 19.2 Å². The van der Waals surface area contributed by atoms with Gasteiger partial charge in [0, 0.05) is 28.3 Å². The van der Waals surface area contributed by atoms with Crippen LogP contribution in [0.1, 0.15) is 45.5 Å². The lowest BCUT2D eigenvalue weighted by Crippen LogP contribution is -2.54. The van der Waals surface area contributed by atoms with Gasteiger partial charge in [-0.3, -0.25) is 9.59 Å². The molecule has 5 rings (SSSR count). The number of amides is 3. The van der Waals surface area contributed by atoms with Gasteiger partial charge in [-0.05, 0) is 77.7 Å². The predicted molar refractivity (Wildman–Crippen MR) is 182 cm³/mol. The summed E-state index contributed by atoms with van der Waals surface area (Å²) in [4.78, 5) is 50.1. The number of rotatable bonds is 9. The maximum Gasteiger partial charge on any atom is 0.407 e. The quantitative estimate of drug-likeness (QED) is 0.119. The van der Waals surface area contributed by atoms with Crippen LogP contribution in [0.5, 0.6) is 0 Å². The highest BCUT2D eigenvalue weighted by Crippen LogP contribution is 2.44. The van der Waals surface area contributed by atoms with Gasteiger partial charge < -0.3 is 25.4 Å². The Bertz CT molecular complexity index is 1800. The molecule has 0 heterocycles. The number of alkyl halides is 1. The van der Waals surface area contributed by atoms with Crippen LogP contribution < -0.4 is 16.0 Å². The fraction of sp³-hybridized carbons (Fsp3) is 0.189. The van der Waals surface area contributed by atoms with E-state index >= 15 is 0 Å². The van der Waals surface area contributed by atoms with E-state index < -0.39 is 30.1 Å². The summed E-state index contributed by atoms with van der Waals surface area (Å²) in [7, 11) is 1.21. The summed E-state index contributed by atoms with van der Waals surface area (Å²) in [5.41, 5.74) is 6.78. The number of hydrogen-bond donors (Lipinski definition) is 3. The molecule has 3 N–H and O–H groups in total. The first kappa shape index (κ1) is 33.0. The van der Waals surface area contributed by atoms with Gasteiger partial charge in [0.1, 0.15) is 12.6 Å². The van der Waals surface area contributed by atoms with Crippen molar-refractivity contribution in [2.75, 3.05) is 24.4 Å². The molecule has 4 aromatic rings. The summed E-state index contributed by atoms with van der Waals surface area (Å²) in [6.07, 6.45) is -0.719. The third-order valence-corrected chi connectivity index (χ3v) is 8.23. The van der Waals surface area contributed by atoms with Gasteiger partial charge in [0.2, 0.25) is 5.91 Å². The molecule has 10 heteroatoms. The first-order valence-corrected chi connectivity index (χ1v) is 16.0. The number of anilines is 1. The number of benzene rings is 4. The number of carbonyl (C=O) groups excluding carboxylic acids is 4. The summed E-state index contributed by atoms with van der Waals surface area (Å²) in [6, 6.07) is 27.7. The molecule has 0 aromatic heterocycles. The number of methoxy groups -OCH3 is 1. The predicted octanol–water partition coefficient (Wildman–Crippen LogP) is 5.62. The van der Waals surface area contributed by atoms with E-state index in [0.29, 0.717) is 16.8 Å². The van der Waals surface area contributed by atoms with E-state index in [4.69, 9.17) is 9.47 Å². The average Bonchev–Trinajstić information content (AvgIpc) is 3.42. The van der Waals surface area contributed by atoms with Crippen molar-refractivity contribution in [3.8, 4) is 23.0 Å². The molecule has 0 bridgehead atoms. The molecule has 3 amide bonds. The van der Waals surface area contributed by atoms with Crippen molar-refractivity contribution in [3.63, 3.8) is 0 Å². The molecule has 0 saturated heterocycles. The first-order chi connectivity index (χ1) is 22.8. The van der Waals surface area contributed by atoms with Gasteiger partial charge in [-0.1, -0.05) is 76.3 Å². The number of fused-ring (bicyclic) bond motifs is 3. The second kappa shape index (κ2) is 15.3. The van der Waals surface area contributed by atoms with E-state index in [1.165, 1.54) is 7.11 Å². The zero-order valence-corrected chi connectivity index (χ0v) is 27.3. The lowest BCUT2D eigenvalue weighted by Gasteiger charge is -2.24. The second-order valence-corrected chi connectivity index (χ2v) is 11.4. The number of esters is 1. The number of alkyl carbamates (subject to hydrolysis) is 1. The summed E-state index contributed by atoms with van der Waals surface area (Å²) in [6.45, 7) is 1.70. The maximum absolute atomic E-state index is 13.1. The summed E-state index contributed by atoms with van der Waals surface area (Å²) in [5, 5.41) is 8.28. The largest absolute Gasteiger partial charge is 0.467 e. The molecule has 0 saturated carbocycles. The maximum atomic E-state index is 13.1. The Morgan fingerprint density at radius 2 is 1.34 bits per heavy atom. The standard InChI is InChI=1S/C37H32BrN3O6/c1-23(39-37(45)47-22-32-30-9-5-3-7-28(30)29-8-4-6-10-31(29)32)34(36(44)46-2)41-35(43)26-17-13-24(14-18-26)11-12-25-15-19-27(20-16-25)40-33(42)21-38/h3-10,13-20,23,32,34H,21-22H2,1-2H3,(H,39,45)(H,40,42)(H,41,43)/t23-,34+/m1/s1. The number of hydrogen-bond acceptors (Lipinski definition) is 6. The topological polar surface area (TPSA) is 123 Å². The third kappa shape index (κ3) is 8.07. The normalized spacial score (nSPS) is 12.7. The van der Waals surface area contributed by atoms with Gasteiger partial charge in [0.15, 0.2) is 0 Å². The molecule has 0 spiro atoms. The third-order valence-electron chi connectivity index (χ3n) is 7.72. The van der Waals surface area contributed by atoms with Crippen LogP contribution in [0.15, 0.2) is 97.1 Å². The van der Waals surface area contributed by atoms with Crippen molar-refractivity contribution in [2.24, 2.45) is 0 Å².